The van der Waals surface area contributed by atoms with Gasteiger partial charge in [-0.15, -0.1) is 24.0 Å². The highest BCUT2D eigenvalue weighted by Gasteiger charge is 2.09. The van der Waals surface area contributed by atoms with E-state index in [-0.39, 0.29) is 24.0 Å². The first-order valence-corrected chi connectivity index (χ1v) is 8.68. The van der Waals surface area contributed by atoms with Crippen LogP contribution in [0.3, 0.4) is 0 Å². The van der Waals surface area contributed by atoms with Gasteiger partial charge in [0.25, 0.3) is 0 Å². The molecule has 1 aliphatic heterocycles. The van der Waals surface area contributed by atoms with Gasteiger partial charge in [-0.25, -0.2) is 4.99 Å². The first-order chi connectivity index (χ1) is 11.7. The molecule has 7 heteroatoms. The summed E-state index contributed by atoms with van der Waals surface area (Å²) in [6, 6.07) is 6.19. The molecule has 1 heterocycles. The monoisotopic (exact) mass is 462 g/mol. The van der Waals surface area contributed by atoms with Crippen molar-refractivity contribution in [2.75, 3.05) is 53.0 Å². The smallest absolute Gasteiger partial charge is 0.191 e. The Labute approximate surface area is 168 Å². The van der Waals surface area contributed by atoms with Crippen LogP contribution in [0, 0.1) is 6.92 Å². The van der Waals surface area contributed by atoms with Crippen molar-refractivity contribution in [2.24, 2.45) is 4.99 Å². The van der Waals surface area contributed by atoms with E-state index < -0.39 is 0 Å². The Bertz CT molecular complexity index is 534. The van der Waals surface area contributed by atoms with Crippen LogP contribution < -0.4 is 15.4 Å². The van der Waals surface area contributed by atoms with Crippen LogP contribution in [-0.2, 0) is 11.3 Å². The molecular weight excluding hydrogens is 431 g/mol. The maximum atomic E-state index is 5.37. The fourth-order valence-corrected chi connectivity index (χ4v) is 2.71. The van der Waals surface area contributed by atoms with E-state index in [1.54, 1.807) is 7.11 Å². The second kappa shape index (κ2) is 12.3. The van der Waals surface area contributed by atoms with Gasteiger partial charge in [0.1, 0.15) is 5.75 Å². The number of hydrogen-bond acceptors (Lipinski definition) is 4. The summed E-state index contributed by atoms with van der Waals surface area (Å²) in [5, 5.41) is 6.71. The van der Waals surface area contributed by atoms with Gasteiger partial charge in [0, 0.05) is 32.7 Å². The highest BCUT2D eigenvalue weighted by molar-refractivity contribution is 14.0. The van der Waals surface area contributed by atoms with Crippen molar-refractivity contribution < 1.29 is 9.47 Å². The molecule has 0 unspecified atom stereocenters. The first-order valence-electron chi connectivity index (χ1n) is 8.68. The van der Waals surface area contributed by atoms with Crippen molar-refractivity contribution in [3.8, 4) is 5.75 Å². The third kappa shape index (κ3) is 7.79. The lowest BCUT2D eigenvalue weighted by Gasteiger charge is -2.26. The van der Waals surface area contributed by atoms with E-state index in [4.69, 9.17) is 9.47 Å². The van der Waals surface area contributed by atoms with E-state index in [0.717, 1.165) is 63.2 Å². The van der Waals surface area contributed by atoms with Crippen molar-refractivity contribution in [3.05, 3.63) is 29.3 Å². The topological polar surface area (TPSA) is 58.1 Å². The van der Waals surface area contributed by atoms with E-state index in [2.05, 4.69) is 46.5 Å². The summed E-state index contributed by atoms with van der Waals surface area (Å²) < 4.78 is 10.7. The molecule has 0 aliphatic carbocycles. The van der Waals surface area contributed by atoms with E-state index in [1.807, 2.05) is 6.07 Å². The number of benzene rings is 1. The van der Waals surface area contributed by atoms with Crippen LogP contribution in [0.2, 0.25) is 0 Å². The van der Waals surface area contributed by atoms with Gasteiger partial charge in [0.2, 0.25) is 0 Å². The molecule has 1 aromatic rings. The molecule has 25 heavy (non-hydrogen) atoms. The maximum Gasteiger partial charge on any atom is 0.191 e. The van der Waals surface area contributed by atoms with Gasteiger partial charge in [-0.2, -0.15) is 0 Å². The molecule has 1 aliphatic rings. The summed E-state index contributed by atoms with van der Waals surface area (Å²) in [5.74, 6) is 1.78. The van der Waals surface area contributed by atoms with Gasteiger partial charge in [0.15, 0.2) is 5.96 Å². The Morgan fingerprint density at radius 3 is 2.68 bits per heavy atom. The zero-order valence-corrected chi connectivity index (χ0v) is 17.8. The quantitative estimate of drug-likeness (QED) is 0.369. The minimum absolute atomic E-state index is 0. The molecule has 0 bridgehead atoms. The van der Waals surface area contributed by atoms with Crippen molar-refractivity contribution in [3.63, 3.8) is 0 Å². The van der Waals surface area contributed by atoms with Crippen molar-refractivity contribution in [2.45, 2.75) is 20.4 Å². The predicted molar refractivity (Wildman–Crippen MR) is 113 cm³/mol. The first kappa shape index (κ1) is 22.0. The number of nitrogens with one attached hydrogen (secondary N) is 2. The molecule has 0 spiro atoms. The Hall–Kier alpha value is -1.06. The lowest BCUT2D eigenvalue weighted by atomic mass is 10.1. The van der Waals surface area contributed by atoms with Crippen molar-refractivity contribution >= 4 is 29.9 Å². The van der Waals surface area contributed by atoms with Gasteiger partial charge in [-0.05, 0) is 31.0 Å². The second-order valence-electron chi connectivity index (χ2n) is 5.88. The summed E-state index contributed by atoms with van der Waals surface area (Å²) in [4.78, 5) is 7.08. The van der Waals surface area contributed by atoms with Gasteiger partial charge < -0.3 is 20.1 Å². The number of hydrogen-bond donors (Lipinski definition) is 2. The normalized spacial score (nSPS) is 15.4. The maximum absolute atomic E-state index is 5.37. The summed E-state index contributed by atoms with van der Waals surface area (Å²) in [5.41, 5.74) is 2.31. The SMILES string of the molecule is CCNC(=NCc1ccc(OC)c(C)c1)NCCN1CCOCC1.I. The zero-order chi connectivity index (χ0) is 17.2. The molecule has 1 saturated heterocycles. The molecule has 0 radical (unpaired) electrons. The molecule has 0 atom stereocenters. The number of aliphatic imine (C=N–C) groups is 1. The molecule has 0 saturated carbocycles. The molecular formula is C18H31IN4O2. The lowest BCUT2D eigenvalue weighted by Crippen LogP contribution is -2.44. The average Bonchev–Trinajstić information content (AvgIpc) is 2.60. The highest BCUT2D eigenvalue weighted by atomic mass is 127. The van der Waals surface area contributed by atoms with E-state index >= 15 is 0 Å². The number of rotatable bonds is 7. The van der Waals surface area contributed by atoms with Crippen LogP contribution in [0.25, 0.3) is 0 Å². The minimum Gasteiger partial charge on any atom is -0.496 e. The molecule has 2 N–H and O–H groups in total. The van der Waals surface area contributed by atoms with Gasteiger partial charge in [0.05, 0.1) is 26.9 Å². The Balaban J connectivity index is 0.00000312. The van der Waals surface area contributed by atoms with Gasteiger partial charge in [-0.1, -0.05) is 12.1 Å². The van der Waals surface area contributed by atoms with Crippen molar-refractivity contribution in [1.29, 1.82) is 0 Å². The second-order valence-corrected chi connectivity index (χ2v) is 5.88. The van der Waals surface area contributed by atoms with Crippen LogP contribution in [0.5, 0.6) is 5.75 Å². The lowest BCUT2D eigenvalue weighted by molar-refractivity contribution is 0.0389. The van der Waals surface area contributed by atoms with E-state index in [9.17, 15) is 0 Å². The van der Waals surface area contributed by atoms with Crippen LogP contribution in [0.15, 0.2) is 23.2 Å². The molecule has 1 fully saturated rings. The third-order valence-corrected chi connectivity index (χ3v) is 4.05. The van der Waals surface area contributed by atoms with Crippen LogP contribution in [0.1, 0.15) is 18.1 Å². The number of methoxy groups -OCH3 is 1. The van der Waals surface area contributed by atoms with Crippen LogP contribution in [0.4, 0.5) is 0 Å². The number of morpholine rings is 1. The third-order valence-electron chi connectivity index (χ3n) is 4.05. The molecule has 0 aromatic heterocycles. The number of ether oxygens (including phenoxy) is 2. The summed E-state index contributed by atoms with van der Waals surface area (Å²) in [6.07, 6.45) is 0. The number of aryl methyl sites for hydroxylation is 1. The number of guanidine groups is 1. The van der Waals surface area contributed by atoms with Crippen molar-refractivity contribution in [1.82, 2.24) is 15.5 Å². The summed E-state index contributed by atoms with van der Waals surface area (Å²) in [6.45, 7) is 11.2. The van der Waals surface area contributed by atoms with E-state index in [0.29, 0.717) is 6.54 Å². The number of nitrogens with zero attached hydrogens (tertiary/aromatic N) is 2. The van der Waals surface area contributed by atoms with Crippen LogP contribution in [-0.4, -0.2) is 63.9 Å². The molecule has 0 amide bonds. The molecule has 6 nitrogen and oxygen atoms in total. The molecule has 2 rings (SSSR count). The summed E-state index contributed by atoms with van der Waals surface area (Å²) in [7, 11) is 1.70. The largest absolute Gasteiger partial charge is 0.496 e. The van der Waals surface area contributed by atoms with E-state index in [1.165, 1.54) is 5.56 Å². The fraction of sp³-hybridized carbons (Fsp3) is 0.611. The predicted octanol–water partition coefficient (Wildman–Crippen LogP) is 2.01. The van der Waals surface area contributed by atoms with Gasteiger partial charge in [-0.3, -0.25) is 4.90 Å². The minimum atomic E-state index is 0. The summed E-state index contributed by atoms with van der Waals surface area (Å²) >= 11 is 0. The Morgan fingerprint density at radius 1 is 1.28 bits per heavy atom. The molecule has 142 valence electrons. The Kier molecular flexibility index (Phi) is 10.8. The fourth-order valence-electron chi connectivity index (χ4n) is 2.71. The van der Waals surface area contributed by atoms with Gasteiger partial charge >= 0.3 is 0 Å². The van der Waals surface area contributed by atoms with Crippen LogP contribution >= 0.6 is 24.0 Å². The highest BCUT2D eigenvalue weighted by Crippen LogP contribution is 2.18. The standard InChI is InChI=1S/C18H30N4O2.HI/c1-4-19-18(20-7-8-22-9-11-24-12-10-22)21-14-16-5-6-17(23-3)15(2)13-16;/h5-6,13H,4,7-12,14H2,1-3H3,(H2,19,20,21);1H. The zero-order valence-electron chi connectivity index (χ0n) is 15.5. The Morgan fingerprint density at radius 2 is 2.04 bits per heavy atom. The average molecular weight is 462 g/mol. The number of halogens is 1. The molecule has 1 aromatic carbocycles.